The first-order valence-electron chi connectivity index (χ1n) is 7.21. The second-order valence-electron chi connectivity index (χ2n) is 5.32. The highest BCUT2D eigenvalue weighted by Gasteiger charge is 2.27. The number of nitrogens with one attached hydrogen (secondary N) is 1. The molecule has 1 fully saturated rings. The quantitative estimate of drug-likeness (QED) is 0.876. The summed E-state index contributed by atoms with van der Waals surface area (Å²) < 4.78 is 29.3. The smallest absolute Gasteiger partial charge is 0.387 e. The first-order chi connectivity index (χ1) is 10.5. The van der Waals surface area contributed by atoms with Crippen LogP contribution in [0.3, 0.4) is 0 Å². The molecule has 2 amide bonds. The Morgan fingerprint density at radius 2 is 2.32 bits per heavy atom. The maximum atomic E-state index is 12.4. The van der Waals surface area contributed by atoms with Gasteiger partial charge in [0.2, 0.25) is 0 Å². The number of nitrogens with zero attached hydrogens (tertiary/aromatic N) is 1. The van der Waals surface area contributed by atoms with Crippen LogP contribution in [-0.2, 0) is 6.54 Å². The first kappa shape index (κ1) is 16.5. The molecule has 1 aromatic rings. The van der Waals surface area contributed by atoms with Gasteiger partial charge in [-0.25, -0.2) is 4.79 Å². The number of hydrogen-bond acceptors (Lipinski definition) is 3. The van der Waals surface area contributed by atoms with E-state index in [9.17, 15) is 18.7 Å². The number of carbonyl (C=O) groups is 1. The molecule has 0 spiro atoms. The Labute approximate surface area is 127 Å². The third-order valence-corrected chi connectivity index (χ3v) is 3.71. The summed E-state index contributed by atoms with van der Waals surface area (Å²) >= 11 is 0. The highest BCUT2D eigenvalue weighted by atomic mass is 19.3. The maximum absolute atomic E-state index is 12.4. The number of ether oxygens (including phenoxy) is 1. The summed E-state index contributed by atoms with van der Waals surface area (Å²) in [5, 5.41) is 11.9. The Hall–Kier alpha value is -1.89. The number of aryl methyl sites for hydroxylation is 1. The molecule has 2 rings (SSSR count). The fourth-order valence-electron chi connectivity index (χ4n) is 2.62. The summed E-state index contributed by atoms with van der Waals surface area (Å²) in [4.78, 5) is 13.7. The van der Waals surface area contributed by atoms with E-state index < -0.39 is 6.61 Å². The van der Waals surface area contributed by atoms with Gasteiger partial charge in [-0.1, -0.05) is 17.7 Å². The Balaban J connectivity index is 2.01. The number of carbonyl (C=O) groups excluding carboxylic acids is 1. The minimum Gasteiger partial charge on any atom is -0.434 e. The maximum Gasteiger partial charge on any atom is 0.387 e. The molecule has 7 heteroatoms. The zero-order valence-electron chi connectivity index (χ0n) is 12.4. The molecule has 1 aliphatic rings. The summed E-state index contributed by atoms with van der Waals surface area (Å²) in [6.45, 7) is -0.464. The lowest BCUT2D eigenvalue weighted by molar-refractivity contribution is -0.0504. The molecule has 1 aliphatic heterocycles. The normalized spacial score (nSPS) is 17.9. The third kappa shape index (κ3) is 4.07. The van der Waals surface area contributed by atoms with Crippen LogP contribution in [0.1, 0.15) is 24.0 Å². The molecule has 0 bridgehead atoms. The molecule has 122 valence electrons. The fourth-order valence-corrected chi connectivity index (χ4v) is 2.62. The average Bonchev–Trinajstić information content (AvgIpc) is 2.95. The van der Waals surface area contributed by atoms with Gasteiger partial charge >= 0.3 is 12.6 Å². The minimum atomic E-state index is -2.91. The molecular weight excluding hydrogens is 294 g/mol. The number of alkyl halides is 2. The van der Waals surface area contributed by atoms with Crippen molar-refractivity contribution in [1.82, 2.24) is 10.2 Å². The number of aliphatic hydroxyl groups is 1. The van der Waals surface area contributed by atoms with Crippen LogP contribution in [0.15, 0.2) is 18.2 Å². The molecule has 0 aliphatic carbocycles. The van der Waals surface area contributed by atoms with Crippen LogP contribution in [0.4, 0.5) is 13.6 Å². The molecule has 1 aromatic carbocycles. The van der Waals surface area contributed by atoms with E-state index >= 15 is 0 Å². The number of benzene rings is 1. The lowest BCUT2D eigenvalue weighted by atomic mass is 10.1. The molecule has 5 nitrogen and oxygen atoms in total. The van der Waals surface area contributed by atoms with Crippen molar-refractivity contribution in [1.29, 1.82) is 0 Å². The Morgan fingerprint density at radius 1 is 1.55 bits per heavy atom. The Bertz CT molecular complexity index is 526. The first-order valence-corrected chi connectivity index (χ1v) is 7.21. The average molecular weight is 314 g/mol. The molecule has 0 aromatic heterocycles. The van der Waals surface area contributed by atoms with E-state index in [1.54, 1.807) is 17.0 Å². The van der Waals surface area contributed by atoms with Crippen molar-refractivity contribution in [3.05, 3.63) is 29.3 Å². The van der Waals surface area contributed by atoms with Gasteiger partial charge in [-0.2, -0.15) is 8.78 Å². The van der Waals surface area contributed by atoms with Crippen molar-refractivity contribution >= 4 is 6.03 Å². The Morgan fingerprint density at radius 3 is 3.00 bits per heavy atom. The van der Waals surface area contributed by atoms with Crippen molar-refractivity contribution < 1.29 is 23.4 Å². The predicted octanol–water partition coefficient (Wildman–Crippen LogP) is 2.26. The highest BCUT2D eigenvalue weighted by molar-refractivity contribution is 5.75. The van der Waals surface area contributed by atoms with E-state index in [1.165, 1.54) is 6.07 Å². The van der Waals surface area contributed by atoms with E-state index in [4.69, 9.17) is 0 Å². The zero-order chi connectivity index (χ0) is 16.1. The van der Waals surface area contributed by atoms with Gasteiger partial charge in [0.25, 0.3) is 0 Å². The molecule has 0 saturated carbocycles. The Kier molecular flexibility index (Phi) is 5.54. The molecule has 1 saturated heterocycles. The standard InChI is InChI=1S/C15H20F2N2O3/c1-10-4-5-13(22-14(16)17)11(7-10)8-18-15(21)19-6-2-3-12(19)9-20/h4-5,7,12,14,20H,2-3,6,8-9H2,1H3,(H,18,21)/t12-/m1/s1. The van der Waals surface area contributed by atoms with Gasteiger partial charge in [0.05, 0.1) is 12.6 Å². The van der Waals surface area contributed by atoms with Crippen LogP contribution in [0.2, 0.25) is 0 Å². The van der Waals surface area contributed by atoms with Crippen molar-refractivity contribution in [3.63, 3.8) is 0 Å². The van der Waals surface area contributed by atoms with E-state index in [-0.39, 0.29) is 31.0 Å². The molecule has 0 radical (unpaired) electrons. The van der Waals surface area contributed by atoms with Gasteiger partial charge in [-0.05, 0) is 25.8 Å². The number of likely N-dealkylation sites (tertiary alicyclic amines) is 1. The molecule has 1 atom stereocenters. The number of halogens is 2. The van der Waals surface area contributed by atoms with Crippen LogP contribution in [0.25, 0.3) is 0 Å². The number of rotatable bonds is 5. The number of urea groups is 1. The number of aliphatic hydroxyl groups excluding tert-OH is 1. The lowest BCUT2D eigenvalue weighted by Crippen LogP contribution is -2.43. The van der Waals surface area contributed by atoms with Gasteiger partial charge in [-0.15, -0.1) is 0 Å². The van der Waals surface area contributed by atoms with Crippen LogP contribution < -0.4 is 10.1 Å². The fraction of sp³-hybridized carbons (Fsp3) is 0.533. The molecule has 0 unspecified atom stereocenters. The largest absolute Gasteiger partial charge is 0.434 e. The van der Waals surface area contributed by atoms with Crippen LogP contribution in [-0.4, -0.2) is 41.8 Å². The minimum absolute atomic E-state index is 0.0565. The van der Waals surface area contributed by atoms with E-state index in [0.717, 1.165) is 18.4 Å². The number of amides is 2. The summed E-state index contributed by atoms with van der Waals surface area (Å²) in [5.74, 6) is 0.0565. The molecule has 2 N–H and O–H groups in total. The number of hydrogen-bond donors (Lipinski definition) is 2. The van der Waals surface area contributed by atoms with Crippen LogP contribution in [0, 0.1) is 6.92 Å². The van der Waals surface area contributed by atoms with Crippen LogP contribution >= 0.6 is 0 Å². The van der Waals surface area contributed by atoms with Gasteiger partial charge in [-0.3, -0.25) is 0 Å². The second kappa shape index (κ2) is 7.40. The third-order valence-electron chi connectivity index (χ3n) is 3.71. The summed E-state index contributed by atoms with van der Waals surface area (Å²) in [6.07, 6.45) is 1.62. The van der Waals surface area contributed by atoms with E-state index in [0.29, 0.717) is 12.1 Å². The van der Waals surface area contributed by atoms with Gasteiger partial charge in [0.15, 0.2) is 0 Å². The monoisotopic (exact) mass is 314 g/mol. The van der Waals surface area contributed by atoms with Crippen molar-refractivity contribution in [2.75, 3.05) is 13.2 Å². The van der Waals surface area contributed by atoms with Gasteiger partial charge in [0.1, 0.15) is 5.75 Å². The topological polar surface area (TPSA) is 61.8 Å². The summed E-state index contributed by atoms with van der Waals surface area (Å²) in [7, 11) is 0. The highest BCUT2D eigenvalue weighted by Crippen LogP contribution is 2.22. The van der Waals surface area contributed by atoms with Crippen molar-refractivity contribution in [2.45, 2.75) is 39.0 Å². The molecular formula is C15H20F2N2O3. The predicted molar refractivity (Wildman–Crippen MR) is 76.9 cm³/mol. The van der Waals surface area contributed by atoms with Gasteiger partial charge in [0, 0.05) is 18.7 Å². The van der Waals surface area contributed by atoms with Crippen LogP contribution in [0.5, 0.6) is 5.75 Å². The van der Waals surface area contributed by atoms with Crippen molar-refractivity contribution in [3.8, 4) is 5.75 Å². The van der Waals surface area contributed by atoms with Gasteiger partial charge < -0.3 is 20.1 Å². The zero-order valence-corrected chi connectivity index (χ0v) is 12.4. The second-order valence-corrected chi connectivity index (χ2v) is 5.32. The summed E-state index contributed by atoms with van der Waals surface area (Å²) in [5.41, 5.74) is 1.38. The van der Waals surface area contributed by atoms with E-state index in [1.807, 2.05) is 6.92 Å². The van der Waals surface area contributed by atoms with E-state index in [2.05, 4.69) is 10.1 Å². The molecule has 1 heterocycles. The lowest BCUT2D eigenvalue weighted by Gasteiger charge is -2.23. The molecule has 22 heavy (non-hydrogen) atoms. The summed E-state index contributed by atoms with van der Waals surface area (Å²) in [6, 6.07) is 4.36. The SMILES string of the molecule is Cc1ccc(OC(F)F)c(CNC(=O)N2CCC[C@@H]2CO)c1. The van der Waals surface area contributed by atoms with Crippen molar-refractivity contribution in [2.24, 2.45) is 0 Å².